The number of alkyl halides is 3. The van der Waals surface area contributed by atoms with E-state index < -0.39 is 17.2 Å². The van der Waals surface area contributed by atoms with Crippen LogP contribution in [0.5, 0.6) is 5.75 Å². The largest absolute Gasteiger partial charge is 0.493 e. The molecule has 7 nitrogen and oxygen atoms in total. The van der Waals surface area contributed by atoms with Crippen molar-refractivity contribution in [3.05, 3.63) is 75.7 Å². The smallest absolute Gasteiger partial charge is 0.416 e. The van der Waals surface area contributed by atoms with Gasteiger partial charge in [0.25, 0.3) is 11.5 Å². The van der Waals surface area contributed by atoms with Crippen LogP contribution in [-0.4, -0.2) is 44.6 Å². The van der Waals surface area contributed by atoms with Crippen LogP contribution in [0, 0.1) is 12.8 Å². The first-order valence-electron chi connectivity index (χ1n) is 11.1. The standard InChI is InChI=1S/C24H21F3N4O3.ClH/c1-14-10-30(13-28-14)18-3-4-19-21(32)29(6-7-31(19)22(18)33)12-23-9-16(23)11-34-20-5-2-15(8-17(20)23)24(25,26)27;/h2-5,8,10,13,16H,6-7,9,11-12H2,1H3;1H/t16-,23+;/m0./s1. The number of carbonyl (C=O) groups is 1. The first-order chi connectivity index (χ1) is 16.2. The molecule has 6 rings (SSSR count). The van der Waals surface area contributed by atoms with E-state index in [0.717, 1.165) is 11.8 Å². The molecule has 0 unspecified atom stereocenters. The summed E-state index contributed by atoms with van der Waals surface area (Å²) in [7, 11) is 0. The van der Waals surface area contributed by atoms with Crippen LogP contribution in [0.4, 0.5) is 13.2 Å². The molecule has 0 spiro atoms. The summed E-state index contributed by atoms with van der Waals surface area (Å²) in [6.45, 7) is 3.16. The number of halogens is 4. The summed E-state index contributed by atoms with van der Waals surface area (Å²) in [4.78, 5) is 32.2. The lowest BCUT2D eigenvalue weighted by molar-refractivity contribution is -0.137. The summed E-state index contributed by atoms with van der Waals surface area (Å²) in [5, 5.41) is 0. The van der Waals surface area contributed by atoms with E-state index in [1.165, 1.54) is 16.7 Å². The maximum Gasteiger partial charge on any atom is 0.416 e. The number of ether oxygens (including phenoxy) is 1. The molecule has 1 aromatic carbocycles. The Morgan fingerprint density at radius 3 is 2.69 bits per heavy atom. The van der Waals surface area contributed by atoms with Crippen molar-refractivity contribution in [2.45, 2.75) is 31.5 Å². The lowest BCUT2D eigenvalue weighted by Gasteiger charge is -2.35. The number of rotatable bonds is 3. The molecule has 3 aliphatic rings. The molecule has 2 aromatic heterocycles. The van der Waals surface area contributed by atoms with Gasteiger partial charge in [-0.1, -0.05) is 0 Å². The van der Waals surface area contributed by atoms with Crippen molar-refractivity contribution in [2.24, 2.45) is 5.92 Å². The van der Waals surface area contributed by atoms with Gasteiger partial charge < -0.3 is 18.8 Å². The molecule has 11 heteroatoms. The van der Waals surface area contributed by atoms with Gasteiger partial charge in [0.1, 0.15) is 17.1 Å². The Morgan fingerprint density at radius 1 is 1.17 bits per heavy atom. The van der Waals surface area contributed by atoms with E-state index in [0.29, 0.717) is 49.7 Å². The Labute approximate surface area is 204 Å². The number of aromatic nitrogens is 3. The second-order valence-corrected chi connectivity index (χ2v) is 9.29. The Hall–Kier alpha value is -3.27. The van der Waals surface area contributed by atoms with Crippen molar-refractivity contribution < 1.29 is 22.7 Å². The Bertz CT molecular complexity index is 1400. The number of carbonyl (C=O) groups excluding carboxylic acids is 1. The average molecular weight is 507 g/mol. The first-order valence-corrected chi connectivity index (χ1v) is 11.1. The summed E-state index contributed by atoms with van der Waals surface area (Å²) in [5.74, 6) is 0.215. The van der Waals surface area contributed by atoms with Gasteiger partial charge in [0.2, 0.25) is 0 Å². The molecular formula is C24H22ClF3N4O3. The number of aryl methyl sites for hydroxylation is 1. The first kappa shape index (κ1) is 23.5. The topological polar surface area (TPSA) is 69.4 Å². The third-order valence-electron chi connectivity index (χ3n) is 7.23. The molecule has 1 saturated carbocycles. The lowest BCUT2D eigenvalue weighted by atomic mass is 9.88. The van der Waals surface area contributed by atoms with Crippen LogP contribution < -0.4 is 10.3 Å². The highest BCUT2D eigenvalue weighted by atomic mass is 35.5. The van der Waals surface area contributed by atoms with Gasteiger partial charge in [-0.15, -0.1) is 12.4 Å². The van der Waals surface area contributed by atoms with Gasteiger partial charge in [0.15, 0.2) is 0 Å². The highest BCUT2D eigenvalue weighted by Crippen LogP contribution is 2.60. The van der Waals surface area contributed by atoms with Crippen LogP contribution in [0.1, 0.15) is 33.7 Å². The molecule has 2 aliphatic heterocycles. The molecular weight excluding hydrogens is 485 g/mol. The van der Waals surface area contributed by atoms with Crippen molar-refractivity contribution in [3.8, 4) is 11.4 Å². The van der Waals surface area contributed by atoms with E-state index in [9.17, 15) is 22.8 Å². The molecule has 1 aliphatic carbocycles. The van der Waals surface area contributed by atoms with Gasteiger partial charge in [0, 0.05) is 42.7 Å². The van der Waals surface area contributed by atoms with Gasteiger partial charge in [-0.25, -0.2) is 4.98 Å². The summed E-state index contributed by atoms with van der Waals surface area (Å²) < 4.78 is 48.9. The third-order valence-corrected chi connectivity index (χ3v) is 7.23. The van der Waals surface area contributed by atoms with Gasteiger partial charge >= 0.3 is 6.18 Å². The zero-order valence-corrected chi connectivity index (χ0v) is 19.5. The summed E-state index contributed by atoms with van der Waals surface area (Å²) >= 11 is 0. The monoisotopic (exact) mass is 506 g/mol. The van der Waals surface area contributed by atoms with Crippen LogP contribution in [0.15, 0.2) is 47.7 Å². The zero-order valence-electron chi connectivity index (χ0n) is 18.7. The number of amides is 1. The van der Waals surface area contributed by atoms with Crippen molar-refractivity contribution in [2.75, 3.05) is 19.7 Å². The van der Waals surface area contributed by atoms with Gasteiger partial charge in [-0.3, -0.25) is 9.59 Å². The fourth-order valence-electron chi connectivity index (χ4n) is 5.32. The fraction of sp³-hybridized carbons (Fsp3) is 0.375. The number of pyridine rings is 1. The maximum absolute atomic E-state index is 13.4. The Balaban J connectivity index is 0.00000253. The minimum absolute atomic E-state index is 0. The van der Waals surface area contributed by atoms with E-state index in [2.05, 4.69) is 4.98 Å². The van der Waals surface area contributed by atoms with Crippen LogP contribution in [0.25, 0.3) is 5.69 Å². The van der Waals surface area contributed by atoms with E-state index in [1.807, 2.05) is 6.92 Å². The number of imidazole rings is 1. The highest BCUT2D eigenvalue weighted by Gasteiger charge is 2.60. The van der Waals surface area contributed by atoms with Gasteiger partial charge in [0.05, 0.1) is 24.2 Å². The Kier molecular flexibility index (Phi) is 5.28. The zero-order chi connectivity index (χ0) is 23.8. The predicted octanol–water partition coefficient (Wildman–Crippen LogP) is 3.59. The summed E-state index contributed by atoms with van der Waals surface area (Å²) in [6.07, 6.45) is -0.494. The van der Waals surface area contributed by atoms with Crippen molar-refractivity contribution in [1.82, 2.24) is 19.0 Å². The maximum atomic E-state index is 13.4. The van der Waals surface area contributed by atoms with Crippen LogP contribution >= 0.6 is 12.4 Å². The molecule has 4 heterocycles. The molecule has 184 valence electrons. The molecule has 35 heavy (non-hydrogen) atoms. The summed E-state index contributed by atoms with van der Waals surface area (Å²) in [5.41, 5.74) is 0.420. The van der Waals surface area contributed by atoms with Gasteiger partial charge in [-0.2, -0.15) is 13.2 Å². The fourth-order valence-corrected chi connectivity index (χ4v) is 5.32. The van der Waals surface area contributed by atoms with Crippen LogP contribution in [0.2, 0.25) is 0 Å². The normalized spacial score (nSPS) is 22.5. The average Bonchev–Trinajstić information content (AvgIpc) is 3.37. The number of hydrogen-bond acceptors (Lipinski definition) is 4. The number of benzene rings is 1. The van der Waals surface area contributed by atoms with E-state index in [-0.39, 0.29) is 35.5 Å². The second-order valence-electron chi connectivity index (χ2n) is 9.29. The molecule has 0 bridgehead atoms. The second kappa shape index (κ2) is 7.87. The minimum atomic E-state index is -4.45. The highest BCUT2D eigenvalue weighted by molar-refractivity contribution is 5.93. The van der Waals surface area contributed by atoms with Crippen LogP contribution in [0.3, 0.4) is 0 Å². The van der Waals surface area contributed by atoms with Crippen molar-refractivity contribution in [3.63, 3.8) is 0 Å². The number of hydrogen-bond donors (Lipinski definition) is 0. The van der Waals surface area contributed by atoms with Crippen molar-refractivity contribution >= 4 is 18.3 Å². The predicted molar refractivity (Wildman–Crippen MR) is 122 cm³/mol. The van der Waals surface area contributed by atoms with E-state index in [1.54, 1.807) is 34.1 Å². The van der Waals surface area contributed by atoms with Crippen molar-refractivity contribution in [1.29, 1.82) is 0 Å². The summed E-state index contributed by atoms with van der Waals surface area (Å²) in [6, 6.07) is 6.81. The quantitative estimate of drug-likeness (QED) is 0.544. The molecule has 0 N–H and O–H groups in total. The number of fused-ring (bicyclic) bond motifs is 4. The minimum Gasteiger partial charge on any atom is -0.493 e. The van der Waals surface area contributed by atoms with Gasteiger partial charge in [-0.05, 0) is 43.7 Å². The molecule has 0 saturated heterocycles. The third kappa shape index (κ3) is 3.62. The Morgan fingerprint density at radius 2 is 1.97 bits per heavy atom. The van der Waals surface area contributed by atoms with E-state index >= 15 is 0 Å². The van der Waals surface area contributed by atoms with E-state index in [4.69, 9.17) is 4.74 Å². The SMILES string of the molecule is Cc1cn(-c2ccc3n(c2=O)CCN(C[C@]24C[C@H]2COc2ccc(C(F)(F)F)cc24)C3=O)cn1.Cl. The molecule has 0 radical (unpaired) electrons. The van der Waals surface area contributed by atoms with Crippen LogP contribution in [-0.2, 0) is 18.1 Å². The number of nitrogens with zero attached hydrogens (tertiary/aromatic N) is 4. The molecule has 1 amide bonds. The molecule has 2 atom stereocenters. The molecule has 1 fully saturated rings. The molecule has 3 aromatic rings. The lowest BCUT2D eigenvalue weighted by Crippen LogP contribution is -2.48.